The molecule has 2 rings (SSSR count). The number of hydrogen-bond acceptors (Lipinski definition) is 5. The number of carbonyl (C=O) groups excluding carboxylic acids is 1. The minimum Gasteiger partial charge on any atom is -0.483 e. The van der Waals surface area contributed by atoms with E-state index < -0.39 is 5.82 Å². The van der Waals surface area contributed by atoms with Gasteiger partial charge in [-0.3, -0.25) is 4.79 Å². The van der Waals surface area contributed by atoms with Crippen molar-refractivity contribution < 1.29 is 18.7 Å². The molecule has 7 heteroatoms. The summed E-state index contributed by atoms with van der Waals surface area (Å²) in [6.45, 7) is 0.990. The molecule has 1 N–H and O–H groups in total. The first-order valence-electron chi connectivity index (χ1n) is 6.29. The van der Waals surface area contributed by atoms with Gasteiger partial charge in [0.1, 0.15) is 17.3 Å². The Hall–Kier alpha value is -1.99. The summed E-state index contributed by atoms with van der Waals surface area (Å²) in [4.78, 5) is 15.9. The SMILES string of the molecule is COCCNC(=O)c1csc(COc2ccccc2F)n1. The maximum absolute atomic E-state index is 13.4. The van der Waals surface area contributed by atoms with Crippen LogP contribution < -0.4 is 10.1 Å². The summed E-state index contributed by atoms with van der Waals surface area (Å²) in [5.74, 6) is -0.522. The quantitative estimate of drug-likeness (QED) is 0.797. The van der Waals surface area contributed by atoms with E-state index in [0.29, 0.717) is 23.9 Å². The van der Waals surface area contributed by atoms with Gasteiger partial charge in [-0.25, -0.2) is 9.37 Å². The number of methoxy groups -OCH3 is 1. The minimum atomic E-state index is -0.424. The number of halogens is 1. The lowest BCUT2D eigenvalue weighted by Gasteiger charge is -2.04. The third-order valence-electron chi connectivity index (χ3n) is 2.56. The van der Waals surface area contributed by atoms with Crippen molar-refractivity contribution in [1.82, 2.24) is 10.3 Å². The lowest BCUT2D eigenvalue weighted by atomic mass is 10.3. The highest BCUT2D eigenvalue weighted by Crippen LogP contribution is 2.18. The first-order chi connectivity index (χ1) is 10.2. The summed E-state index contributed by atoms with van der Waals surface area (Å²) < 4.78 is 23.6. The fraction of sp³-hybridized carbons (Fsp3) is 0.286. The van der Waals surface area contributed by atoms with Crippen LogP contribution in [0.15, 0.2) is 29.6 Å². The third kappa shape index (κ3) is 4.51. The van der Waals surface area contributed by atoms with Crippen LogP contribution in [0.5, 0.6) is 5.75 Å². The van der Waals surface area contributed by atoms with Gasteiger partial charge in [-0.15, -0.1) is 11.3 Å². The summed E-state index contributed by atoms with van der Waals surface area (Å²) in [6, 6.07) is 6.15. The zero-order chi connectivity index (χ0) is 15.1. The van der Waals surface area contributed by atoms with Crippen molar-refractivity contribution in [3.05, 3.63) is 46.2 Å². The summed E-state index contributed by atoms with van der Waals surface area (Å²) in [5, 5.41) is 4.92. The topological polar surface area (TPSA) is 60.5 Å². The molecule has 0 bridgehead atoms. The molecule has 112 valence electrons. The van der Waals surface area contributed by atoms with Crippen LogP contribution in [-0.2, 0) is 11.3 Å². The standard InChI is InChI=1S/C14H15FN2O3S/c1-19-7-6-16-14(18)11-9-21-13(17-11)8-20-12-5-3-2-4-10(12)15/h2-5,9H,6-8H2,1H3,(H,16,18). The van der Waals surface area contributed by atoms with E-state index in [1.807, 2.05) is 0 Å². The number of thiazole rings is 1. The molecule has 0 radical (unpaired) electrons. The highest BCUT2D eigenvalue weighted by Gasteiger charge is 2.11. The van der Waals surface area contributed by atoms with E-state index in [2.05, 4.69) is 10.3 Å². The first kappa shape index (κ1) is 15.4. The Kier molecular flexibility index (Phi) is 5.65. The van der Waals surface area contributed by atoms with Gasteiger partial charge in [-0.1, -0.05) is 12.1 Å². The molecule has 0 aliphatic heterocycles. The second-order valence-electron chi connectivity index (χ2n) is 4.09. The normalized spacial score (nSPS) is 10.4. The van der Waals surface area contributed by atoms with Crippen molar-refractivity contribution in [1.29, 1.82) is 0 Å². The molecule has 0 unspecified atom stereocenters. The average Bonchev–Trinajstić information content (AvgIpc) is 2.95. The number of para-hydroxylation sites is 1. The number of hydrogen-bond donors (Lipinski definition) is 1. The summed E-state index contributed by atoms with van der Waals surface area (Å²) >= 11 is 1.29. The maximum Gasteiger partial charge on any atom is 0.270 e. The highest BCUT2D eigenvalue weighted by molar-refractivity contribution is 7.09. The zero-order valence-electron chi connectivity index (χ0n) is 11.5. The largest absolute Gasteiger partial charge is 0.483 e. The molecule has 0 aliphatic carbocycles. The fourth-order valence-corrected chi connectivity index (χ4v) is 2.23. The molecule has 0 aliphatic rings. The van der Waals surface area contributed by atoms with Crippen LogP contribution >= 0.6 is 11.3 Å². The number of benzene rings is 1. The Labute approximate surface area is 125 Å². The van der Waals surface area contributed by atoms with Gasteiger partial charge in [-0.05, 0) is 12.1 Å². The average molecular weight is 310 g/mol. The molecule has 5 nitrogen and oxygen atoms in total. The Morgan fingerprint density at radius 2 is 2.24 bits per heavy atom. The number of amides is 1. The zero-order valence-corrected chi connectivity index (χ0v) is 12.3. The third-order valence-corrected chi connectivity index (χ3v) is 3.39. The van der Waals surface area contributed by atoms with Crippen molar-refractivity contribution in [3.63, 3.8) is 0 Å². The van der Waals surface area contributed by atoms with E-state index in [9.17, 15) is 9.18 Å². The number of nitrogens with zero attached hydrogens (tertiary/aromatic N) is 1. The van der Waals surface area contributed by atoms with Gasteiger partial charge < -0.3 is 14.8 Å². The van der Waals surface area contributed by atoms with Crippen LogP contribution in [0.25, 0.3) is 0 Å². The van der Waals surface area contributed by atoms with Gasteiger partial charge in [-0.2, -0.15) is 0 Å². The lowest BCUT2D eigenvalue weighted by molar-refractivity contribution is 0.0932. The highest BCUT2D eigenvalue weighted by atomic mass is 32.1. The molecule has 21 heavy (non-hydrogen) atoms. The molecule has 1 heterocycles. The molecule has 0 atom stereocenters. The Morgan fingerprint density at radius 3 is 3.00 bits per heavy atom. The second kappa shape index (κ2) is 7.70. The second-order valence-corrected chi connectivity index (χ2v) is 5.04. The number of ether oxygens (including phenoxy) is 2. The van der Waals surface area contributed by atoms with Crippen molar-refractivity contribution >= 4 is 17.2 Å². The van der Waals surface area contributed by atoms with Gasteiger partial charge in [0.15, 0.2) is 11.6 Å². The van der Waals surface area contributed by atoms with E-state index in [-0.39, 0.29) is 18.3 Å². The van der Waals surface area contributed by atoms with Crippen molar-refractivity contribution in [2.75, 3.05) is 20.3 Å². The van der Waals surface area contributed by atoms with E-state index in [4.69, 9.17) is 9.47 Å². The fourth-order valence-electron chi connectivity index (χ4n) is 1.54. The summed E-state index contributed by atoms with van der Waals surface area (Å²) in [5.41, 5.74) is 0.322. The molecular formula is C14H15FN2O3S. The van der Waals surface area contributed by atoms with Crippen molar-refractivity contribution in [2.24, 2.45) is 0 Å². The smallest absolute Gasteiger partial charge is 0.270 e. The molecule has 0 saturated heterocycles. The van der Waals surface area contributed by atoms with Crippen LogP contribution in [0.2, 0.25) is 0 Å². The molecule has 0 saturated carbocycles. The summed E-state index contributed by atoms with van der Waals surface area (Å²) in [7, 11) is 1.56. The van der Waals surface area contributed by atoms with E-state index in [1.54, 1.807) is 30.7 Å². The molecule has 0 fully saturated rings. The molecule has 1 amide bonds. The molecule has 1 aromatic heterocycles. The number of carbonyl (C=O) groups is 1. The van der Waals surface area contributed by atoms with Crippen LogP contribution in [0.4, 0.5) is 4.39 Å². The lowest BCUT2D eigenvalue weighted by Crippen LogP contribution is -2.27. The minimum absolute atomic E-state index is 0.122. The van der Waals surface area contributed by atoms with Crippen LogP contribution in [-0.4, -0.2) is 31.2 Å². The molecule has 0 spiro atoms. The van der Waals surface area contributed by atoms with E-state index >= 15 is 0 Å². The van der Waals surface area contributed by atoms with Gasteiger partial charge in [0.25, 0.3) is 5.91 Å². The van der Waals surface area contributed by atoms with Crippen LogP contribution in [0.3, 0.4) is 0 Å². The van der Waals surface area contributed by atoms with Crippen molar-refractivity contribution in [3.8, 4) is 5.75 Å². The molecular weight excluding hydrogens is 295 g/mol. The van der Waals surface area contributed by atoms with Gasteiger partial charge in [0.2, 0.25) is 0 Å². The van der Waals surface area contributed by atoms with Crippen molar-refractivity contribution in [2.45, 2.75) is 6.61 Å². The van der Waals surface area contributed by atoms with Gasteiger partial charge in [0, 0.05) is 19.0 Å². The number of nitrogens with one attached hydrogen (secondary N) is 1. The monoisotopic (exact) mass is 310 g/mol. The molecule has 1 aromatic carbocycles. The van der Waals surface area contributed by atoms with E-state index in [0.717, 1.165) is 0 Å². The van der Waals surface area contributed by atoms with Crippen LogP contribution in [0, 0.1) is 5.82 Å². The predicted molar refractivity (Wildman–Crippen MR) is 77.1 cm³/mol. The van der Waals surface area contributed by atoms with Crippen LogP contribution in [0.1, 0.15) is 15.5 Å². The first-order valence-corrected chi connectivity index (χ1v) is 7.17. The maximum atomic E-state index is 13.4. The summed E-state index contributed by atoms with van der Waals surface area (Å²) in [6.07, 6.45) is 0. The predicted octanol–water partition coefficient (Wildman–Crippen LogP) is 2.24. The Bertz CT molecular complexity index is 603. The number of rotatable bonds is 7. The van der Waals surface area contributed by atoms with E-state index in [1.165, 1.54) is 17.4 Å². The van der Waals surface area contributed by atoms with Gasteiger partial charge in [0.05, 0.1) is 6.61 Å². The molecule has 2 aromatic rings. The Balaban J connectivity index is 1.88. The van der Waals surface area contributed by atoms with Gasteiger partial charge >= 0.3 is 0 Å². The number of aromatic nitrogens is 1. The Morgan fingerprint density at radius 1 is 1.43 bits per heavy atom.